The standard InChI is InChI=1S/C16H27N3O2/c1-5-6-13-9-18-12(2)10-19(13)11-14-16(21-4)15(20-3)7-8-17-14/h7-8,12-13,18H,5-6,9-11H2,1-4H3. The van der Waals surface area contributed by atoms with Gasteiger partial charge in [0.15, 0.2) is 11.5 Å². The number of piperazine rings is 1. The van der Waals surface area contributed by atoms with Gasteiger partial charge in [-0.15, -0.1) is 0 Å². The summed E-state index contributed by atoms with van der Waals surface area (Å²) in [6.45, 7) is 7.34. The first-order valence-corrected chi connectivity index (χ1v) is 7.72. The van der Waals surface area contributed by atoms with Crippen LogP contribution >= 0.6 is 0 Å². The normalized spacial score (nSPS) is 23.0. The molecule has 1 fully saturated rings. The zero-order chi connectivity index (χ0) is 15.2. The van der Waals surface area contributed by atoms with Gasteiger partial charge in [0.05, 0.1) is 14.2 Å². The Morgan fingerprint density at radius 3 is 2.86 bits per heavy atom. The van der Waals surface area contributed by atoms with Gasteiger partial charge in [-0.3, -0.25) is 9.88 Å². The van der Waals surface area contributed by atoms with Crippen molar-refractivity contribution in [1.82, 2.24) is 15.2 Å². The fraction of sp³-hybridized carbons (Fsp3) is 0.688. The number of pyridine rings is 1. The van der Waals surface area contributed by atoms with E-state index in [1.165, 1.54) is 12.8 Å². The highest BCUT2D eigenvalue weighted by molar-refractivity contribution is 5.42. The SMILES string of the molecule is CCCC1CNC(C)CN1Cc1nccc(OC)c1OC. The molecule has 1 N–H and O–H groups in total. The maximum atomic E-state index is 5.50. The van der Waals surface area contributed by atoms with Crippen LogP contribution in [0.2, 0.25) is 0 Å². The van der Waals surface area contributed by atoms with Crippen LogP contribution in [-0.2, 0) is 6.54 Å². The van der Waals surface area contributed by atoms with Crippen molar-refractivity contribution in [3.8, 4) is 11.5 Å². The number of hydrogen-bond acceptors (Lipinski definition) is 5. The lowest BCUT2D eigenvalue weighted by Gasteiger charge is -2.39. The van der Waals surface area contributed by atoms with Gasteiger partial charge in [0.25, 0.3) is 0 Å². The molecule has 0 radical (unpaired) electrons. The molecule has 0 spiro atoms. The molecule has 1 saturated heterocycles. The molecule has 1 aliphatic rings. The summed E-state index contributed by atoms with van der Waals surface area (Å²) in [5.41, 5.74) is 0.951. The van der Waals surface area contributed by atoms with E-state index in [-0.39, 0.29) is 0 Å². The van der Waals surface area contributed by atoms with Crippen molar-refractivity contribution < 1.29 is 9.47 Å². The summed E-state index contributed by atoms with van der Waals surface area (Å²) in [4.78, 5) is 7.01. The molecular formula is C16H27N3O2. The molecule has 1 aliphatic heterocycles. The van der Waals surface area contributed by atoms with E-state index in [0.29, 0.717) is 12.1 Å². The lowest BCUT2D eigenvalue weighted by atomic mass is 10.0. The van der Waals surface area contributed by atoms with Crippen molar-refractivity contribution in [1.29, 1.82) is 0 Å². The van der Waals surface area contributed by atoms with E-state index in [0.717, 1.165) is 36.8 Å². The van der Waals surface area contributed by atoms with Crippen LogP contribution in [0.25, 0.3) is 0 Å². The van der Waals surface area contributed by atoms with Gasteiger partial charge in [-0.05, 0) is 13.3 Å². The Bertz CT molecular complexity index is 453. The number of hydrogen-bond donors (Lipinski definition) is 1. The molecule has 0 aliphatic carbocycles. The van der Waals surface area contributed by atoms with Gasteiger partial charge in [-0.25, -0.2) is 0 Å². The lowest BCUT2D eigenvalue weighted by Crippen LogP contribution is -2.54. The third-order valence-corrected chi connectivity index (χ3v) is 4.07. The first-order chi connectivity index (χ1) is 10.2. The van der Waals surface area contributed by atoms with Crippen molar-refractivity contribution in [3.63, 3.8) is 0 Å². The molecule has 5 nitrogen and oxygen atoms in total. The zero-order valence-corrected chi connectivity index (χ0v) is 13.6. The summed E-state index contributed by atoms with van der Waals surface area (Å²) in [5, 5.41) is 3.57. The molecule has 1 aromatic heterocycles. The molecule has 118 valence electrons. The van der Waals surface area contributed by atoms with E-state index in [9.17, 15) is 0 Å². The van der Waals surface area contributed by atoms with Gasteiger partial charge in [0, 0.05) is 44.0 Å². The van der Waals surface area contributed by atoms with Crippen LogP contribution < -0.4 is 14.8 Å². The first-order valence-electron chi connectivity index (χ1n) is 7.72. The third-order valence-electron chi connectivity index (χ3n) is 4.07. The Morgan fingerprint density at radius 1 is 1.38 bits per heavy atom. The number of nitrogens with one attached hydrogen (secondary N) is 1. The Balaban J connectivity index is 2.18. The minimum Gasteiger partial charge on any atom is -0.493 e. The quantitative estimate of drug-likeness (QED) is 0.870. The van der Waals surface area contributed by atoms with Crippen LogP contribution in [0.15, 0.2) is 12.3 Å². The van der Waals surface area contributed by atoms with Crippen molar-refractivity contribution in [2.24, 2.45) is 0 Å². The largest absolute Gasteiger partial charge is 0.493 e. The second kappa shape index (κ2) is 7.61. The molecule has 21 heavy (non-hydrogen) atoms. The number of nitrogens with zero attached hydrogens (tertiary/aromatic N) is 2. The number of ether oxygens (including phenoxy) is 2. The molecule has 0 aromatic carbocycles. The van der Waals surface area contributed by atoms with E-state index in [4.69, 9.17) is 9.47 Å². The second-order valence-electron chi connectivity index (χ2n) is 5.67. The van der Waals surface area contributed by atoms with Gasteiger partial charge >= 0.3 is 0 Å². The van der Waals surface area contributed by atoms with Gasteiger partial charge in [0.2, 0.25) is 0 Å². The predicted molar refractivity (Wildman–Crippen MR) is 83.9 cm³/mol. The van der Waals surface area contributed by atoms with Crippen LogP contribution in [0.5, 0.6) is 11.5 Å². The average molecular weight is 293 g/mol. The molecule has 1 aromatic rings. The Labute approximate surface area is 127 Å². The molecule has 5 heteroatoms. The smallest absolute Gasteiger partial charge is 0.183 e. The van der Waals surface area contributed by atoms with E-state index in [2.05, 4.69) is 29.0 Å². The lowest BCUT2D eigenvalue weighted by molar-refractivity contribution is 0.117. The number of rotatable bonds is 6. The van der Waals surface area contributed by atoms with Gasteiger partial charge in [0.1, 0.15) is 5.69 Å². The predicted octanol–water partition coefficient (Wildman–Crippen LogP) is 2.06. The summed E-state index contributed by atoms with van der Waals surface area (Å²) in [6.07, 6.45) is 4.18. The summed E-state index contributed by atoms with van der Waals surface area (Å²) >= 11 is 0. The highest BCUT2D eigenvalue weighted by Crippen LogP contribution is 2.30. The van der Waals surface area contributed by atoms with E-state index >= 15 is 0 Å². The second-order valence-corrected chi connectivity index (χ2v) is 5.67. The summed E-state index contributed by atoms with van der Waals surface area (Å²) in [6, 6.07) is 2.91. The molecule has 2 rings (SSSR count). The van der Waals surface area contributed by atoms with Gasteiger partial charge < -0.3 is 14.8 Å². The Morgan fingerprint density at radius 2 is 2.19 bits per heavy atom. The third kappa shape index (κ3) is 3.86. The molecule has 0 bridgehead atoms. The number of methoxy groups -OCH3 is 2. The average Bonchev–Trinajstić information content (AvgIpc) is 2.49. The molecular weight excluding hydrogens is 266 g/mol. The molecule has 2 unspecified atom stereocenters. The van der Waals surface area contributed by atoms with Gasteiger partial charge in [-0.2, -0.15) is 0 Å². The van der Waals surface area contributed by atoms with E-state index < -0.39 is 0 Å². The maximum absolute atomic E-state index is 5.50. The highest BCUT2D eigenvalue weighted by atomic mass is 16.5. The van der Waals surface area contributed by atoms with E-state index in [1.54, 1.807) is 20.4 Å². The van der Waals surface area contributed by atoms with Gasteiger partial charge in [-0.1, -0.05) is 13.3 Å². The van der Waals surface area contributed by atoms with Crippen LogP contribution in [0.3, 0.4) is 0 Å². The van der Waals surface area contributed by atoms with Crippen LogP contribution in [-0.4, -0.2) is 49.3 Å². The Hall–Kier alpha value is -1.33. The van der Waals surface area contributed by atoms with Crippen LogP contribution in [0, 0.1) is 0 Å². The summed E-state index contributed by atoms with van der Waals surface area (Å²) in [7, 11) is 3.33. The highest BCUT2D eigenvalue weighted by Gasteiger charge is 2.26. The zero-order valence-electron chi connectivity index (χ0n) is 13.6. The fourth-order valence-corrected chi connectivity index (χ4v) is 3.00. The van der Waals surface area contributed by atoms with E-state index in [1.807, 2.05) is 6.07 Å². The Kier molecular flexibility index (Phi) is 5.82. The summed E-state index contributed by atoms with van der Waals surface area (Å²) < 4.78 is 10.9. The minimum absolute atomic E-state index is 0.509. The monoisotopic (exact) mass is 293 g/mol. The topological polar surface area (TPSA) is 46.6 Å². The number of aromatic nitrogens is 1. The van der Waals surface area contributed by atoms with Crippen molar-refractivity contribution >= 4 is 0 Å². The molecule has 0 saturated carbocycles. The first kappa shape index (κ1) is 16.0. The maximum Gasteiger partial charge on any atom is 0.183 e. The summed E-state index contributed by atoms with van der Waals surface area (Å²) in [5.74, 6) is 1.50. The molecule has 2 atom stereocenters. The van der Waals surface area contributed by atoms with Crippen LogP contribution in [0.4, 0.5) is 0 Å². The van der Waals surface area contributed by atoms with Crippen LogP contribution in [0.1, 0.15) is 32.4 Å². The molecule has 2 heterocycles. The minimum atomic E-state index is 0.509. The fourth-order valence-electron chi connectivity index (χ4n) is 3.00. The van der Waals surface area contributed by atoms with Crippen molar-refractivity contribution in [3.05, 3.63) is 18.0 Å². The van der Waals surface area contributed by atoms with Crippen molar-refractivity contribution in [2.75, 3.05) is 27.3 Å². The van der Waals surface area contributed by atoms with Crippen molar-refractivity contribution in [2.45, 2.75) is 45.3 Å². The molecule has 0 amide bonds.